The Balaban J connectivity index is 1.71. The molecule has 2 heteroatoms. The molecule has 2 aliphatic rings. The van der Waals surface area contributed by atoms with Crippen molar-refractivity contribution in [3.8, 4) is 5.75 Å². The largest absolute Gasteiger partial charge is 0.497 e. The lowest BCUT2D eigenvalue weighted by atomic mass is 10.1. The first-order valence-electron chi connectivity index (χ1n) is 7.26. The van der Waals surface area contributed by atoms with E-state index in [1.165, 1.54) is 62.7 Å². The highest BCUT2D eigenvalue weighted by Crippen LogP contribution is 2.29. The number of hydrogen-bond donors (Lipinski definition) is 0. The molecule has 0 bridgehead atoms. The molecule has 0 radical (unpaired) electrons. The van der Waals surface area contributed by atoms with Crippen molar-refractivity contribution >= 4 is 0 Å². The number of fused-ring (bicyclic) bond motifs is 1. The van der Waals surface area contributed by atoms with Crippen LogP contribution in [0, 0.1) is 0 Å². The smallest absolute Gasteiger partial charge is 0.119 e. The van der Waals surface area contributed by atoms with Gasteiger partial charge >= 0.3 is 0 Å². The van der Waals surface area contributed by atoms with Crippen molar-refractivity contribution < 1.29 is 4.74 Å². The molecule has 1 aromatic carbocycles. The van der Waals surface area contributed by atoms with Crippen LogP contribution in [0.2, 0.25) is 0 Å². The number of ether oxygens (including phenoxy) is 1. The minimum Gasteiger partial charge on any atom is -0.497 e. The van der Waals surface area contributed by atoms with Gasteiger partial charge in [0.15, 0.2) is 0 Å². The number of methoxy groups -OCH3 is 1. The third-order valence-corrected chi connectivity index (χ3v) is 4.48. The van der Waals surface area contributed by atoms with Gasteiger partial charge in [0.25, 0.3) is 0 Å². The summed E-state index contributed by atoms with van der Waals surface area (Å²) in [7, 11) is 1.75. The van der Waals surface area contributed by atoms with Crippen molar-refractivity contribution in [2.45, 2.75) is 44.6 Å². The number of likely N-dealkylation sites (tertiary alicyclic amines) is 1. The summed E-state index contributed by atoms with van der Waals surface area (Å²) < 4.78 is 5.33. The number of hydrogen-bond acceptors (Lipinski definition) is 2. The second kappa shape index (κ2) is 5.31. The van der Waals surface area contributed by atoms with Crippen molar-refractivity contribution in [2.24, 2.45) is 0 Å². The SMILES string of the molecule is COc1ccc2c(c1)C[C@@H](N1CCCCCC1)C2. The number of benzene rings is 1. The van der Waals surface area contributed by atoms with Crippen LogP contribution < -0.4 is 4.74 Å². The predicted octanol–water partition coefficient (Wildman–Crippen LogP) is 3.04. The summed E-state index contributed by atoms with van der Waals surface area (Å²) in [6.45, 7) is 2.60. The van der Waals surface area contributed by atoms with Crippen LogP contribution in [0.3, 0.4) is 0 Å². The third-order valence-electron chi connectivity index (χ3n) is 4.48. The zero-order valence-corrected chi connectivity index (χ0v) is 11.3. The quantitative estimate of drug-likeness (QED) is 0.794. The van der Waals surface area contributed by atoms with E-state index in [-0.39, 0.29) is 0 Å². The minimum absolute atomic E-state index is 0.741. The lowest BCUT2D eigenvalue weighted by molar-refractivity contribution is 0.209. The van der Waals surface area contributed by atoms with Crippen LogP contribution in [0.25, 0.3) is 0 Å². The van der Waals surface area contributed by atoms with Crippen molar-refractivity contribution in [1.29, 1.82) is 0 Å². The van der Waals surface area contributed by atoms with E-state index in [2.05, 4.69) is 23.1 Å². The van der Waals surface area contributed by atoms with Gasteiger partial charge in [0.2, 0.25) is 0 Å². The fourth-order valence-corrected chi connectivity index (χ4v) is 3.42. The van der Waals surface area contributed by atoms with E-state index in [9.17, 15) is 0 Å². The molecule has 0 unspecified atom stereocenters. The van der Waals surface area contributed by atoms with Gasteiger partial charge in [-0.05, 0) is 62.0 Å². The van der Waals surface area contributed by atoms with Gasteiger partial charge in [-0.15, -0.1) is 0 Å². The molecule has 18 heavy (non-hydrogen) atoms. The zero-order chi connectivity index (χ0) is 12.4. The highest BCUT2D eigenvalue weighted by atomic mass is 16.5. The molecule has 2 nitrogen and oxygen atoms in total. The molecule has 98 valence electrons. The molecular formula is C16H23NO. The predicted molar refractivity (Wildman–Crippen MR) is 74.2 cm³/mol. The average molecular weight is 245 g/mol. The molecule has 1 aliphatic heterocycles. The average Bonchev–Trinajstić information content (AvgIpc) is 2.63. The lowest BCUT2D eigenvalue weighted by Crippen LogP contribution is -2.36. The number of nitrogens with zero attached hydrogens (tertiary/aromatic N) is 1. The molecule has 1 fully saturated rings. The number of rotatable bonds is 2. The first-order valence-corrected chi connectivity index (χ1v) is 7.26. The summed E-state index contributed by atoms with van der Waals surface area (Å²) >= 11 is 0. The maximum absolute atomic E-state index is 5.33. The normalized spacial score (nSPS) is 24.6. The lowest BCUT2D eigenvalue weighted by Gasteiger charge is -2.26. The van der Waals surface area contributed by atoms with E-state index in [0.29, 0.717) is 0 Å². The van der Waals surface area contributed by atoms with Crippen LogP contribution >= 0.6 is 0 Å². The Labute approximate surface area is 110 Å². The molecule has 1 atom stereocenters. The van der Waals surface area contributed by atoms with E-state index in [1.807, 2.05) is 0 Å². The molecule has 0 saturated carbocycles. The Bertz CT molecular complexity index is 408. The monoisotopic (exact) mass is 245 g/mol. The Morgan fingerprint density at radius 2 is 1.72 bits per heavy atom. The molecule has 3 rings (SSSR count). The Kier molecular flexibility index (Phi) is 3.55. The molecule has 0 aromatic heterocycles. The zero-order valence-electron chi connectivity index (χ0n) is 11.3. The van der Waals surface area contributed by atoms with Crippen LogP contribution in [0.5, 0.6) is 5.75 Å². The standard InChI is InChI=1S/C16H23NO/c1-18-16-7-6-13-10-15(11-14(13)12-16)17-8-4-2-3-5-9-17/h6-7,12,15H,2-5,8-11H2,1H3/t15-/m0/s1. The summed E-state index contributed by atoms with van der Waals surface area (Å²) in [5, 5.41) is 0. The van der Waals surface area contributed by atoms with E-state index >= 15 is 0 Å². The van der Waals surface area contributed by atoms with Crippen LogP contribution in [-0.4, -0.2) is 31.1 Å². The maximum atomic E-state index is 5.33. The van der Waals surface area contributed by atoms with Crippen molar-refractivity contribution in [3.05, 3.63) is 29.3 Å². The Morgan fingerprint density at radius 1 is 1.00 bits per heavy atom. The molecular weight excluding hydrogens is 222 g/mol. The topological polar surface area (TPSA) is 12.5 Å². The second-order valence-corrected chi connectivity index (χ2v) is 5.65. The van der Waals surface area contributed by atoms with E-state index < -0.39 is 0 Å². The van der Waals surface area contributed by atoms with Crippen molar-refractivity contribution in [3.63, 3.8) is 0 Å². The third kappa shape index (κ3) is 2.39. The second-order valence-electron chi connectivity index (χ2n) is 5.65. The molecule has 1 saturated heterocycles. The van der Waals surface area contributed by atoms with Gasteiger partial charge in [-0.3, -0.25) is 4.90 Å². The minimum atomic E-state index is 0.741. The molecule has 1 aliphatic carbocycles. The van der Waals surface area contributed by atoms with Gasteiger partial charge in [-0.25, -0.2) is 0 Å². The molecule has 1 aromatic rings. The fraction of sp³-hybridized carbons (Fsp3) is 0.625. The van der Waals surface area contributed by atoms with Crippen LogP contribution in [0.15, 0.2) is 18.2 Å². The van der Waals surface area contributed by atoms with E-state index in [1.54, 1.807) is 7.11 Å². The van der Waals surface area contributed by atoms with Gasteiger partial charge in [-0.2, -0.15) is 0 Å². The van der Waals surface area contributed by atoms with Gasteiger partial charge < -0.3 is 4.74 Å². The van der Waals surface area contributed by atoms with Crippen LogP contribution in [-0.2, 0) is 12.8 Å². The van der Waals surface area contributed by atoms with Gasteiger partial charge in [0, 0.05) is 6.04 Å². The van der Waals surface area contributed by atoms with Crippen molar-refractivity contribution in [1.82, 2.24) is 4.90 Å². The van der Waals surface area contributed by atoms with Crippen molar-refractivity contribution in [2.75, 3.05) is 20.2 Å². The molecule has 0 spiro atoms. The van der Waals surface area contributed by atoms with Crippen LogP contribution in [0.4, 0.5) is 0 Å². The van der Waals surface area contributed by atoms with Gasteiger partial charge in [0.1, 0.15) is 5.75 Å². The first-order chi connectivity index (χ1) is 8.86. The summed E-state index contributed by atoms with van der Waals surface area (Å²) in [6, 6.07) is 7.33. The summed E-state index contributed by atoms with van der Waals surface area (Å²) in [5.41, 5.74) is 3.04. The van der Waals surface area contributed by atoms with Gasteiger partial charge in [-0.1, -0.05) is 18.9 Å². The highest BCUT2D eigenvalue weighted by Gasteiger charge is 2.27. The molecule has 0 amide bonds. The molecule has 1 heterocycles. The summed E-state index contributed by atoms with van der Waals surface area (Å²) in [4.78, 5) is 2.72. The first kappa shape index (κ1) is 12.0. The highest BCUT2D eigenvalue weighted by molar-refractivity contribution is 5.40. The van der Waals surface area contributed by atoms with Gasteiger partial charge in [0.05, 0.1) is 7.11 Å². The Morgan fingerprint density at radius 3 is 2.44 bits per heavy atom. The van der Waals surface area contributed by atoms with E-state index in [4.69, 9.17) is 4.74 Å². The fourth-order valence-electron chi connectivity index (χ4n) is 3.42. The maximum Gasteiger partial charge on any atom is 0.119 e. The summed E-state index contributed by atoms with van der Waals surface area (Å²) in [5.74, 6) is 1.00. The molecule has 0 N–H and O–H groups in total. The summed E-state index contributed by atoms with van der Waals surface area (Å²) in [6.07, 6.45) is 8.06. The van der Waals surface area contributed by atoms with Crippen LogP contribution in [0.1, 0.15) is 36.8 Å². The Hall–Kier alpha value is -1.02. The van der Waals surface area contributed by atoms with E-state index in [0.717, 1.165) is 11.8 Å².